The first kappa shape index (κ1) is 11.6. The van der Waals surface area contributed by atoms with Gasteiger partial charge in [-0.25, -0.2) is 9.78 Å². The Balaban J connectivity index is 2.28. The molecule has 0 fully saturated rings. The van der Waals surface area contributed by atoms with Gasteiger partial charge < -0.3 is 9.84 Å². The van der Waals surface area contributed by atoms with E-state index >= 15 is 0 Å². The molecule has 0 atom stereocenters. The highest BCUT2D eigenvalue weighted by Gasteiger charge is 2.10. The molecule has 5 nitrogen and oxygen atoms in total. The van der Waals surface area contributed by atoms with Crippen molar-refractivity contribution < 1.29 is 14.6 Å². The molecule has 0 aliphatic carbocycles. The van der Waals surface area contributed by atoms with Crippen LogP contribution in [0.15, 0.2) is 42.6 Å². The van der Waals surface area contributed by atoms with Gasteiger partial charge >= 0.3 is 5.97 Å². The van der Waals surface area contributed by atoms with Gasteiger partial charge in [-0.3, -0.25) is 0 Å². The minimum atomic E-state index is -1.06. The third-order valence-corrected chi connectivity index (χ3v) is 2.20. The number of carboxylic acid groups (broad SMARTS) is 1. The summed E-state index contributed by atoms with van der Waals surface area (Å²) in [5, 5.41) is 17.6. The highest BCUT2D eigenvalue weighted by molar-refractivity contribution is 5.90. The molecule has 0 unspecified atom stereocenters. The lowest BCUT2D eigenvalue weighted by atomic mass is 10.2. The lowest BCUT2D eigenvalue weighted by molar-refractivity contribution is 0.0694. The largest absolute Gasteiger partial charge is 0.478 e. The highest BCUT2D eigenvalue weighted by Crippen LogP contribution is 2.24. The number of hydrogen-bond donors (Lipinski definition) is 1. The normalized spacial score (nSPS) is 9.50. The van der Waals surface area contributed by atoms with Crippen molar-refractivity contribution in [3.8, 4) is 17.6 Å². The van der Waals surface area contributed by atoms with Crippen LogP contribution in [0, 0.1) is 11.3 Å². The van der Waals surface area contributed by atoms with Crippen molar-refractivity contribution in [1.29, 1.82) is 5.26 Å². The van der Waals surface area contributed by atoms with E-state index < -0.39 is 5.97 Å². The summed E-state index contributed by atoms with van der Waals surface area (Å²) in [6.45, 7) is 0. The monoisotopic (exact) mass is 240 g/mol. The predicted octanol–water partition coefficient (Wildman–Crippen LogP) is 2.44. The summed E-state index contributed by atoms with van der Waals surface area (Å²) in [5.74, 6) is -0.452. The molecule has 5 heteroatoms. The second-order valence-corrected chi connectivity index (χ2v) is 3.39. The van der Waals surface area contributed by atoms with E-state index in [1.165, 1.54) is 18.3 Å². The van der Waals surface area contributed by atoms with Crippen molar-refractivity contribution in [2.24, 2.45) is 0 Å². The molecule has 2 aromatic rings. The summed E-state index contributed by atoms with van der Waals surface area (Å²) < 4.78 is 5.42. The van der Waals surface area contributed by atoms with E-state index in [9.17, 15) is 4.79 Å². The summed E-state index contributed by atoms with van der Waals surface area (Å²) in [5.41, 5.74) is 0.343. The second-order valence-electron chi connectivity index (χ2n) is 3.39. The van der Waals surface area contributed by atoms with Gasteiger partial charge in [0.1, 0.15) is 28.8 Å². The molecule has 1 N–H and O–H groups in total. The third-order valence-electron chi connectivity index (χ3n) is 2.20. The molecule has 0 radical (unpaired) electrons. The third kappa shape index (κ3) is 2.44. The van der Waals surface area contributed by atoms with Crippen molar-refractivity contribution in [2.45, 2.75) is 0 Å². The van der Waals surface area contributed by atoms with Crippen LogP contribution in [0.2, 0.25) is 0 Å². The zero-order valence-electron chi connectivity index (χ0n) is 9.20. The van der Waals surface area contributed by atoms with Gasteiger partial charge in [-0.2, -0.15) is 5.26 Å². The van der Waals surface area contributed by atoms with E-state index in [2.05, 4.69) is 4.98 Å². The van der Waals surface area contributed by atoms with Gasteiger partial charge in [-0.05, 0) is 24.3 Å². The fourth-order valence-electron chi connectivity index (χ4n) is 1.37. The van der Waals surface area contributed by atoms with Crippen LogP contribution in [0.4, 0.5) is 0 Å². The van der Waals surface area contributed by atoms with Gasteiger partial charge in [0.05, 0.1) is 6.20 Å². The number of benzene rings is 1. The molecular formula is C13H8N2O3. The summed E-state index contributed by atoms with van der Waals surface area (Å²) in [4.78, 5) is 14.8. The zero-order chi connectivity index (χ0) is 13.0. The highest BCUT2D eigenvalue weighted by atomic mass is 16.5. The van der Waals surface area contributed by atoms with Crippen molar-refractivity contribution in [3.05, 3.63) is 53.9 Å². The number of rotatable bonds is 3. The topological polar surface area (TPSA) is 83.2 Å². The fourth-order valence-corrected chi connectivity index (χ4v) is 1.37. The van der Waals surface area contributed by atoms with Crippen LogP contribution in [0.3, 0.4) is 0 Å². The Morgan fingerprint density at radius 2 is 2.06 bits per heavy atom. The molecule has 1 heterocycles. The first-order chi connectivity index (χ1) is 8.70. The van der Waals surface area contributed by atoms with Gasteiger partial charge in [-0.1, -0.05) is 12.1 Å². The molecule has 18 heavy (non-hydrogen) atoms. The Morgan fingerprint density at radius 1 is 1.28 bits per heavy atom. The summed E-state index contributed by atoms with van der Waals surface area (Å²) in [6, 6.07) is 11.3. The Kier molecular flexibility index (Phi) is 3.21. The standard InChI is InChI=1S/C13H8N2O3/c14-7-9-5-6-10(8-15-9)18-12-4-2-1-3-11(12)13(16)17/h1-6,8H,(H,16,17). The Bertz CT molecular complexity index is 615. The number of carboxylic acids is 1. The van der Waals surface area contributed by atoms with E-state index in [4.69, 9.17) is 15.1 Å². The van der Waals surface area contributed by atoms with E-state index in [1.807, 2.05) is 6.07 Å². The van der Waals surface area contributed by atoms with E-state index in [1.54, 1.807) is 24.3 Å². The predicted molar refractivity (Wildman–Crippen MR) is 62.4 cm³/mol. The Hall–Kier alpha value is -2.87. The molecule has 0 aliphatic heterocycles. The molecule has 1 aromatic carbocycles. The minimum Gasteiger partial charge on any atom is -0.478 e. The smallest absolute Gasteiger partial charge is 0.339 e. The number of hydrogen-bond acceptors (Lipinski definition) is 4. The summed E-state index contributed by atoms with van der Waals surface area (Å²) in [7, 11) is 0. The van der Waals surface area contributed by atoms with Crippen LogP contribution < -0.4 is 4.74 Å². The molecule has 0 bridgehead atoms. The molecule has 0 saturated carbocycles. The van der Waals surface area contributed by atoms with Crippen LogP contribution in [-0.2, 0) is 0 Å². The van der Waals surface area contributed by atoms with Gasteiger partial charge in [0.15, 0.2) is 0 Å². The van der Waals surface area contributed by atoms with E-state index in [0.29, 0.717) is 5.75 Å². The summed E-state index contributed by atoms with van der Waals surface area (Å²) >= 11 is 0. The Labute approximate surface area is 103 Å². The quantitative estimate of drug-likeness (QED) is 0.890. The maximum atomic E-state index is 11.0. The average Bonchev–Trinajstić information content (AvgIpc) is 2.40. The van der Waals surface area contributed by atoms with Gasteiger partial charge in [0.2, 0.25) is 0 Å². The van der Waals surface area contributed by atoms with Crippen LogP contribution in [0.25, 0.3) is 0 Å². The lowest BCUT2D eigenvalue weighted by Crippen LogP contribution is -1.99. The molecule has 88 valence electrons. The number of ether oxygens (including phenoxy) is 1. The number of nitriles is 1. The minimum absolute atomic E-state index is 0.0712. The van der Waals surface area contributed by atoms with Crippen molar-refractivity contribution in [2.75, 3.05) is 0 Å². The average molecular weight is 240 g/mol. The molecule has 2 rings (SSSR count). The van der Waals surface area contributed by atoms with E-state index in [0.717, 1.165) is 0 Å². The van der Waals surface area contributed by atoms with E-state index in [-0.39, 0.29) is 17.0 Å². The molecule has 0 amide bonds. The maximum absolute atomic E-state index is 11.0. The van der Waals surface area contributed by atoms with Gasteiger partial charge in [0, 0.05) is 0 Å². The van der Waals surface area contributed by atoms with Crippen LogP contribution >= 0.6 is 0 Å². The first-order valence-corrected chi connectivity index (χ1v) is 5.07. The van der Waals surface area contributed by atoms with Crippen LogP contribution in [0.1, 0.15) is 16.1 Å². The number of aromatic nitrogens is 1. The number of carbonyl (C=O) groups is 1. The second kappa shape index (κ2) is 4.97. The molecule has 0 saturated heterocycles. The fraction of sp³-hybridized carbons (Fsp3) is 0. The molecule has 0 aliphatic rings. The van der Waals surface area contributed by atoms with Crippen molar-refractivity contribution in [1.82, 2.24) is 4.98 Å². The van der Waals surface area contributed by atoms with Crippen LogP contribution in [-0.4, -0.2) is 16.1 Å². The first-order valence-electron chi connectivity index (χ1n) is 5.07. The number of pyridine rings is 1. The van der Waals surface area contributed by atoms with Crippen LogP contribution in [0.5, 0.6) is 11.5 Å². The number of nitrogens with zero attached hydrogens (tertiary/aromatic N) is 2. The molecule has 1 aromatic heterocycles. The summed E-state index contributed by atoms with van der Waals surface area (Å²) in [6.07, 6.45) is 1.37. The Morgan fingerprint density at radius 3 is 2.67 bits per heavy atom. The molecule has 0 spiro atoms. The number of aromatic carboxylic acids is 1. The molecular weight excluding hydrogens is 232 g/mol. The van der Waals surface area contributed by atoms with Gasteiger partial charge in [0.25, 0.3) is 0 Å². The van der Waals surface area contributed by atoms with Crippen molar-refractivity contribution in [3.63, 3.8) is 0 Å². The number of para-hydroxylation sites is 1. The SMILES string of the molecule is N#Cc1ccc(Oc2ccccc2C(=O)O)cn1. The lowest BCUT2D eigenvalue weighted by Gasteiger charge is -2.07. The van der Waals surface area contributed by atoms with Crippen molar-refractivity contribution >= 4 is 5.97 Å². The maximum Gasteiger partial charge on any atom is 0.339 e. The zero-order valence-corrected chi connectivity index (χ0v) is 9.20. The van der Waals surface area contributed by atoms with Gasteiger partial charge in [-0.15, -0.1) is 0 Å².